The Hall–Kier alpha value is -1.19. The smallest absolute Gasteiger partial charge is 0.124 e. The molecule has 3 heteroatoms. The molecule has 1 unspecified atom stereocenters. The minimum Gasteiger partial charge on any atom is -0.320 e. The van der Waals surface area contributed by atoms with Crippen molar-refractivity contribution in [3.8, 4) is 0 Å². The van der Waals surface area contributed by atoms with Gasteiger partial charge in [0.15, 0.2) is 0 Å². The van der Waals surface area contributed by atoms with Gasteiger partial charge in [-0.2, -0.15) is 0 Å². The summed E-state index contributed by atoms with van der Waals surface area (Å²) in [6.45, 7) is 2.11. The lowest BCUT2D eigenvalue weighted by molar-refractivity contribution is 0.622. The van der Waals surface area contributed by atoms with Gasteiger partial charge in [0.1, 0.15) is 5.82 Å². The number of aryl methyl sites for hydroxylation is 1. The second-order valence-corrected chi connectivity index (χ2v) is 5.19. The average molecular weight is 308 g/mol. The Labute approximate surface area is 115 Å². The highest BCUT2D eigenvalue weighted by Crippen LogP contribution is 2.24. The molecule has 2 rings (SSSR count). The van der Waals surface area contributed by atoms with Crippen molar-refractivity contribution in [1.82, 2.24) is 0 Å². The minimum absolute atomic E-state index is 0.278. The van der Waals surface area contributed by atoms with Crippen molar-refractivity contribution in [2.75, 3.05) is 0 Å². The zero-order valence-corrected chi connectivity index (χ0v) is 11.7. The van der Waals surface area contributed by atoms with Crippen LogP contribution in [-0.4, -0.2) is 0 Å². The Bertz CT molecular complexity index is 516. The summed E-state index contributed by atoms with van der Waals surface area (Å²) >= 11 is 3.28. The van der Waals surface area contributed by atoms with Crippen LogP contribution in [0.15, 0.2) is 46.9 Å². The maximum Gasteiger partial charge on any atom is 0.124 e. The standard InChI is InChI=1S/C15H15BrFN/c1-2-10-3-5-11(6-4-10)15(18)12-7-13(16)9-14(17)8-12/h3-9,15H,2,18H2,1H3. The molecule has 0 aliphatic rings. The van der Waals surface area contributed by atoms with E-state index in [0.29, 0.717) is 4.47 Å². The van der Waals surface area contributed by atoms with Gasteiger partial charge in [-0.1, -0.05) is 47.1 Å². The molecule has 0 aromatic heterocycles. The summed E-state index contributed by atoms with van der Waals surface area (Å²) < 4.78 is 14.0. The van der Waals surface area contributed by atoms with Gasteiger partial charge < -0.3 is 5.73 Å². The molecule has 0 aliphatic heterocycles. The Morgan fingerprint density at radius 2 is 1.78 bits per heavy atom. The van der Waals surface area contributed by atoms with E-state index in [4.69, 9.17) is 5.73 Å². The highest BCUT2D eigenvalue weighted by Gasteiger charge is 2.10. The van der Waals surface area contributed by atoms with Crippen LogP contribution >= 0.6 is 15.9 Å². The lowest BCUT2D eigenvalue weighted by Gasteiger charge is -2.13. The van der Waals surface area contributed by atoms with Gasteiger partial charge in [0, 0.05) is 4.47 Å². The maximum absolute atomic E-state index is 13.3. The van der Waals surface area contributed by atoms with E-state index in [2.05, 4.69) is 35.0 Å². The van der Waals surface area contributed by atoms with E-state index < -0.39 is 0 Å². The Balaban J connectivity index is 2.31. The molecule has 0 aliphatic carbocycles. The highest BCUT2D eigenvalue weighted by atomic mass is 79.9. The fourth-order valence-corrected chi connectivity index (χ4v) is 2.39. The molecule has 0 bridgehead atoms. The largest absolute Gasteiger partial charge is 0.320 e. The average Bonchev–Trinajstić information content (AvgIpc) is 2.37. The molecule has 0 saturated carbocycles. The lowest BCUT2D eigenvalue weighted by atomic mass is 9.98. The molecule has 0 radical (unpaired) electrons. The van der Waals surface area contributed by atoms with Gasteiger partial charge in [-0.3, -0.25) is 0 Å². The van der Waals surface area contributed by atoms with Crippen LogP contribution in [0.25, 0.3) is 0 Å². The first kappa shape index (κ1) is 13.2. The second kappa shape index (κ2) is 5.63. The van der Waals surface area contributed by atoms with Crippen molar-refractivity contribution in [2.45, 2.75) is 19.4 Å². The molecular formula is C15H15BrFN. The van der Waals surface area contributed by atoms with Crippen molar-refractivity contribution in [1.29, 1.82) is 0 Å². The van der Waals surface area contributed by atoms with Gasteiger partial charge in [0.25, 0.3) is 0 Å². The molecule has 2 N–H and O–H groups in total. The van der Waals surface area contributed by atoms with Crippen LogP contribution in [0.4, 0.5) is 4.39 Å². The zero-order valence-electron chi connectivity index (χ0n) is 10.2. The number of rotatable bonds is 3. The van der Waals surface area contributed by atoms with E-state index in [1.54, 1.807) is 0 Å². The number of halogens is 2. The molecule has 0 saturated heterocycles. The van der Waals surface area contributed by atoms with Crippen molar-refractivity contribution in [3.05, 3.63) is 69.4 Å². The molecule has 2 aromatic carbocycles. The monoisotopic (exact) mass is 307 g/mol. The van der Waals surface area contributed by atoms with E-state index in [0.717, 1.165) is 17.5 Å². The zero-order chi connectivity index (χ0) is 13.1. The summed E-state index contributed by atoms with van der Waals surface area (Å²) in [6, 6.07) is 12.6. The predicted molar refractivity (Wildman–Crippen MR) is 76.0 cm³/mol. The highest BCUT2D eigenvalue weighted by molar-refractivity contribution is 9.10. The fourth-order valence-electron chi connectivity index (χ4n) is 1.91. The third kappa shape index (κ3) is 2.98. The molecule has 0 amide bonds. The fraction of sp³-hybridized carbons (Fsp3) is 0.200. The van der Waals surface area contributed by atoms with Gasteiger partial charge in [-0.15, -0.1) is 0 Å². The van der Waals surface area contributed by atoms with Crippen LogP contribution in [0.3, 0.4) is 0 Å². The van der Waals surface area contributed by atoms with Crippen LogP contribution < -0.4 is 5.73 Å². The number of hydrogen-bond donors (Lipinski definition) is 1. The normalized spacial score (nSPS) is 12.4. The lowest BCUT2D eigenvalue weighted by Crippen LogP contribution is -2.12. The van der Waals surface area contributed by atoms with Crippen molar-refractivity contribution in [2.24, 2.45) is 5.73 Å². The second-order valence-electron chi connectivity index (χ2n) is 4.28. The molecule has 2 aromatic rings. The third-order valence-corrected chi connectivity index (χ3v) is 3.45. The van der Waals surface area contributed by atoms with Crippen molar-refractivity contribution in [3.63, 3.8) is 0 Å². The molecule has 0 spiro atoms. The van der Waals surface area contributed by atoms with E-state index >= 15 is 0 Å². The van der Waals surface area contributed by atoms with Crippen LogP contribution in [-0.2, 0) is 6.42 Å². The Kier molecular flexibility index (Phi) is 4.15. The van der Waals surface area contributed by atoms with Crippen LogP contribution in [0.1, 0.15) is 29.7 Å². The molecule has 18 heavy (non-hydrogen) atoms. The summed E-state index contributed by atoms with van der Waals surface area (Å²) in [4.78, 5) is 0. The van der Waals surface area contributed by atoms with Gasteiger partial charge in [-0.25, -0.2) is 4.39 Å². The quantitative estimate of drug-likeness (QED) is 0.903. The van der Waals surface area contributed by atoms with E-state index in [9.17, 15) is 4.39 Å². The van der Waals surface area contributed by atoms with Gasteiger partial charge >= 0.3 is 0 Å². The molecule has 94 valence electrons. The van der Waals surface area contributed by atoms with Crippen LogP contribution in [0, 0.1) is 5.82 Å². The number of nitrogens with two attached hydrogens (primary N) is 1. The van der Waals surface area contributed by atoms with E-state index in [-0.39, 0.29) is 11.9 Å². The van der Waals surface area contributed by atoms with Crippen molar-refractivity contribution < 1.29 is 4.39 Å². The summed E-state index contributed by atoms with van der Waals surface area (Å²) in [5.41, 5.74) is 9.19. The van der Waals surface area contributed by atoms with Crippen molar-refractivity contribution >= 4 is 15.9 Å². The first-order valence-electron chi connectivity index (χ1n) is 5.90. The summed E-state index contributed by atoms with van der Waals surface area (Å²) in [5.74, 6) is -0.278. The first-order valence-corrected chi connectivity index (χ1v) is 6.70. The van der Waals surface area contributed by atoms with E-state index in [1.165, 1.54) is 17.7 Å². The Morgan fingerprint density at radius 1 is 1.11 bits per heavy atom. The summed E-state index contributed by atoms with van der Waals surface area (Å²) in [5, 5.41) is 0. The van der Waals surface area contributed by atoms with Gasteiger partial charge in [0.05, 0.1) is 6.04 Å². The van der Waals surface area contributed by atoms with E-state index in [1.807, 2.05) is 18.2 Å². The number of hydrogen-bond acceptors (Lipinski definition) is 1. The van der Waals surface area contributed by atoms with Gasteiger partial charge in [0.2, 0.25) is 0 Å². The number of benzene rings is 2. The molecule has 0 heterocycles. The molecule has 1 atom stereocenters. The predicted octanol–water partition coefficient (Wildman–Crippen LogP) is 4.20. The Morgan fingerprint density at radius 3 is 2.33 bits per heavy atom. The SMILES string of the molecule is CCc1ccc(C(N)c2cc(F)cc(Br)c2)cc1. The minimum atomic E-state index is -0.303. The van der Waals surface area contributed by atoms with Crippen LogP contribution in [0.5, 0.6) is 0 Å². The molecular weight excluding hydrogens is 293 g/mol. The topological polar surface area (TPSA) is 26.0 Å². The first-order chi connectivity index (χ1) is 8.60. The van der Waals surface area contributed by atoms with Crippen LogP contribution in [0.2, 0.25) is 0 Å². The maximum atomic E-state index is 13.3. The summed E-state index contributed by atoms with van der Waals surface area (Å²) in [7, 11) is 0. The molecule has 1 nitrogen and oxygen atoms in total. The third-order valence-electron chi connectivity index (χ3n) is 2.99. The van der Waals surface area contributed by atoms with Gasteiger partial charge in [-0.05, 0) is 41.3 Å². The summed E-state index contributed by atoms with van der Waals surface area (Å²) in [6.07, 6.45) is 1.00. The molecule has 0 fully saturated rings.